The Balaban J connectivity index is 1.96. The maximum atomic E-state index is 13.6. The Morgan fingerprint density at radius 1 is 1.10 bits per heavy atom. The molecule has 0 radical (unpaired) electrons. The molecule has 0 bridgehead atoms. The van der Waals surface area contributed by atoms with Crippen molar-refractivity contribution < 1.29 is 8.78 Å². The smallest absolute Gasteiger partial charge is 0.251 e. The standard InChI is InChI=1S/C23H22F2N4O/c1-4-18-13(2)22(30)27-12-19(18)21-28-14(3)23(29-21,15-5-8-17(24)9-6-15)16-7-10-20(25)26-11-16/h5-12,14H,4H2,1-3H3,(H,27,30)(H,28,29)/t14-,23-/m0/s1. The predicted molar refractivity (Wildman–Crippen MR) is 112 cm³/mol. The molecule has 0 saturated carbocycles. The summed E-state index contributed by atoms with van der Waals surface area (Å²) in [7, 11) is 0. The Labute approximate surface area is 172 Å². The van der Waals surface area contributed by atoms with Gasteiger partial charge < -0.3 is 10.3 Å². The predicted octanol–water partition coefficient (Wildman–Crippen LogP) is 3.60. The normalized spacial score (nSPS) is 20.7. The molecular weight excluding hydrogens is 386 g/mol. The molecule has 30 heavy (non-hydrogen) atoms. The fraction of sp³-hybridized carbons (Fsp3) is 0.261. The van der Waals surface area contributed by atoms with Crippen LogP contribution in [-0.2, 0) is 12.0 Å². The minimum absolute atomic E-state index is 0.130. The van der Waals surface area contributed by atoms with Gasteiger partial charge in [-0.2, -0.15) is 4.39 Å². The Bertz CT molecular complexity index is 1120. The van der Waals surface area contributed by atoms with Crippen LogP contribution in [0.1, 0.15) is 41.7 Å². The first-order valence-electron chi connectivity index (χ1n) is 9.82. The number of H-pyrrole nitrogens is 1. The highest BCUT2D eigenvalue weighted by atomic mass is 19.1. The zero-order valence-electron chi connectivity index (χ0n) is 17.0. The molecule has 0 aliphatic carbocycles. The van der Waals surface area contributed by atoms with E-state index in [4.69, 9.17) is 4.99 Å². The van der Waals surface area contributed by atoms with E-state index in [0.29, 0.717) is 23.4 Å². The van der Waals surface area contributed by atoms with Crippen molar-refractivity contribution >= 4 is 5.84 Å². The Morgan fingerprint density at radius 3 is 2.43 bits per heavy atom. The number of benzene rings is 1. The van der Waals surface area contributed by atoms with Crippen molar-refractivity contribution in [2.45, 2.75) is 38.8 Å². The van der Waals surface area contributed by atoms with Gasteiger partial charge in [-0.05, 0) is 49.6 Å². The highest BCUT2D eigenvalue weighted by Crippen LogP contribution is 2.41. The van der Waals surface area contributed by atoms with E-state index in [1.165, 1.54) is 24.4 Å². The van der Waals surface area contributed by atoms with E-state index in [0.717, 1.165) is 16.7 Å². The first-order valence-corrected chi connectivity index (χ1v) is 9.82. The van der Waals surface area contributed by atoms with Gasteiger partial charge in [-0.1, -0.05) is 25.1 Å². The second-order valence-electron chi connectivity index (χ2n) is 7.46. The maximum Gasteiger partial charge on any atom is 0.251 e. The topological polar surface area (TPSA) is 70.1 Å². The molecule has 1 aliphatic rings. The number of nitrogens with one attached hydrogen (secondary N) is 2. The van der Waals surface area contributed by atoms with Crippen LogP contribution in [-0.4, -0.2) is 21.8 Å². The third kappa shape index (κ3) is 3.10. The van der Waals surface area contributed by atoms with Gasteiger partial charge in [0.25, 0.3) is 5.56 Å². The number of rotatable bonds is 4. The van der Waals surface area contributed by atoms with Crippen molar-refractivity contribution in [3.8, 4) is 0 Å². The Kier molecular flexibility index (Phi) is 4.97. The van der Waals surface area contributed by atoms with E-state index in [9.17, 15) is 13.6 Å². The highest BCUT2D eigenvalue weighted by molar-refractivity contribution is 6.02. The number of halogens is 2. The molecule has 2 aromatic heterocycles. The van der Waals surface area contributed by atoms with Crippen molar-refractivity contribution in [2.75, 3.05) is 0 Å². The lowest BCUT2D eigenvalue weighted by Gasteiger charge is -2.31. The molecule has 2 atom stereocenters. The Hall–Kier alpha value is -3.35. The molecule has 4 rings (SSSR count). The number of aromatic amines is 1. The lowest BCUT2D eigenvalue weighted by molar-refractivity contribution is 0.449. The summed E-state index contributed by atoms with van der Waals surface area (Å²) in [6, 6.07) is 8.84. The van der Waals surface area contributed by atoms with Crippen molar-refractivity contribution in [3.05, 3.63) is 98.7 Å². The molecule has 0 saturated heterocycles. The zero-order chi connectivity index (χ0) is 21.5. The van der Waals surface area contributed by atoms with E-state index < -0.39 is 11.5 Å². The first-order chi connectivity index (χ1) is 14.4. The molecule has 1 aromatic carbocycles. The summed E-state index contributed by atoms with van der Waals surface area (Å²) in [6.07, 6.45) is 3.79. The van der Waals surface area contributed by atoms with Crippen molar-refractivity contribution in [3.63, 3.8) is 0 Å². The SMILES string of the molecule is CCc1c(C2=N[C@@](c3ccc(F)cc3)(c3ccc(F)nc3)[C@H](C)N2)c[nH]c(=O)c1C. The second-order valence-corrected chi connectivity index (χ2v) is 7.46. The summed E-state index contributed by atoms with van der Waals surface area (Å²) in [6.45, 7) is 5.74. The lowest BCUT2D eigenvalue weighted by Crippen LogP contribution is -2.41. The third-order valence-corrected chi connectivity index (χ3v) is 5.79. The van der Waals surface area contributed by atoms with Crippen LogP contribution in [0.2, 0.25) is 0 Å². The quantitative estimate of drug-likeness (QED) is 0.648. The van der Waals surface area contributed by atoms with Gasteiger partial charge in [0.2, 0.25) is 5.95 Å². The number of aromatic nitrogens is 2. The fourth-order valence-corrected chi connectivity index (χ4v) is 4.19. The van der Waals surface area contributed by atoms with Gasteiger partial charge in [0.15, 0.2) is 0 Å². The monoisotopic (exact) mass is 408 g/mol. The number of aliphatic imine (C=N–C) groups is 1. The summed E-state index contributed by atoms with van der Waals surface area (Å²) in [5, 5.41) is 3.42. The van der Waals surface area contributed by atoms with Crippen LogP contribution in [0.15, 0.2) is 58.6 Å². The van der Waals surface area contributed by atoms with Crippen molar-refractivity contribution in [1.29, 1.82) is 0 Å². The van der Waals surface area contributed by atoms with E-state index in [1.54, 1.807) is 31.3 Å². The van der Waals surface area contributed by atoms with Crippen LogP contribution in [0.5, 0.6) is 0 Å². The van der Waals surface area contributed by atoms with E-state index in [1.807, 2.05) is 13.8 Å². The minimum Gasteiger partial charge on any atom is -0.364 e. The third-order valence-electron chi connectivity index (χ3n) is 5.79. The molecule has 1 aliphatic heterocycles. The number of hydrogen-bond donors (Lipinski definition) is 2. The Morgan fingerprint density at radius 2 is 1.80 bits per heavy atom. The van der Waals surface area contributed by atoms with Gasteiger partial charge in [0, 0.05) is 29.1 Å². The van der Waals surface area contributed by atoms with Crippen LogP contribution in [0.25, 0.3) is 0 Å². The summed E-state index contributed by atoms with van der Waals surface area (Å²) >= 11 is 0. The van der Waals surface area contributed by atoms with Crippen LogP contribution >= 0.6 is 0 Å². The lowest BCUT2D eigenvalue weighted by atomic mass is 9.79. The summed E-state index contributed by atoms with van der Waals surface area (Å²) in [5.74, 6) is -0.314. The molecular formula is C23H22F2N4O. The maximum absolute atomic E-state index is 13.6. The average molecular weight is 408 g/mol. The molecule has 5 nitrogen and oxygen atoms in total. The molecule has 154 valence electrons. The summed E-state index contributed by atoms with van der Waals surface area (Å²) in [4.78, 5) is 23.7. The van der Waals surface area contributed by atoms with E-state index >= 15 is 0 Å². The van der Waals surface area contributed by atoms with Crippen molar-refractivity contribution in [2.24, 2.45) is 4.99 Å². The van der Waals surface area contributed by atoms with Gasteiger partial charge in [-0.25, -0.2) is 14.4 Å². The summed E-state index contributed by atoms with van der Waals surface area (Å²) < 4.78 is 27.2. The zero-order valence-corrected chi connectivity index (χ0v) is 17.0. The largest absolute Gasteiger partial charge is 0.364 e. The van der Waals surface area contributed by atoms with Crippen LogP contribution in [0.4, 0.5) is 8.78 Å². The van der Waals surface area contributed by atoms with Crippen molar-refractivity contribution in [1.82, 2.24) is 15.3 Å². The second kappa shape index (κ2) is 7.48. The number of nitrogens with zero attached hydrogens (tertiary/aromatic N) is 2. The fourth-order valence-electron chi connectivity index (χ4n) is 4.19. The van der Waals surface area contributed by atoms with Crippen LogP contribution < -0.4 is 10.9 Å². The molecule has 2 N–H and O–H groups in total. The average Bonchev–Trinajstić information content (AvgIpc) is 3.09. The van der Waals surface area contributed by atoms with Gasteiger partial charge in [-0.15, -0.1) is 0 Å². The molecule has 0 unspecified atom stereocenters. The number of hydrogen-bond acceptors (Lipinski definition) is 4. The number of amidine groups is 1. The first kappa shape index (κ1) is 19.9. The van der Waals surface area contributed by atoms with Gasteiger partial charge in [0.1, 0.15) is 17.2 Å². The number of pyridine rings is 2. The van der Waals surface area contributed by atoms with Gasteiger partial charge in [0.05, 0.1) is 6.04 Å². The molecule has 0 fully saturated rings. The van der Waals surface area contributed by atoms with Gasteiger partial charge in [-0.3, -0.25) is 4.79 Å². The van der Waals surface area contributed by atoms with Gasteiger partial charge >= 0.3 is 0 Å². The molecule has 3 heterocycles. The van der Waals surface area contributed by atoms with Crippen LogP contribution in [0, 0.1) is 18.7 Å². The van der Waals surface area contributed by atoms with E-state index in [-0.39, 0.29) is 17.4 Å². The molecule has 0 spiro atoms. The van der Waals surface area contributed by atoms with E-state index in [2.05, 4.69) is 15.3 Å². The molecule has 7 heteroatoms. The van der Waals surface area contributed by atoms with Crippen LogP contribution in [0.3, 0.4) is 0 Å². The molecule has 0 amide bonds. The summed E-state index contributed by atoms with van der Waals surface area (Å²) in [5.41, 5.74) is 2.74. The minimum atomic E-state index is -0.932. The highest BCUT2D eigenvalue weighted by Gasteiger charge is 2.45. The molecule has 3 aromatic rings.